The van der Waals surface area contributed by atoms with Gasteiger partial charge in [-0.15, -0.1) is 0 Å². The van der Waals surface area contributed by atoms with Crippen LogP contribution < -0.4 is 0 Å². The molecule has 0 unspecified atom stereocenters. The summed E-state index contributed by atoms with van der Waals surface area (Å²) in [6.45, 7) is 4.68. The second kappa shape index (κ2) is 15.3. The molecule has 0 saturated carbocycles. The number of phenols is 1. The van der Waals surface area contributed by atoms with Gasteiger partial charge in [0.15, 0.2) is 0 Å². The van der Waals surface area contributed by atoms with Crippen LogP contribution in [0.25, 0.3) is 0 Å². The number of hydrogen-bond acceptors (Lipinski definition) is 6. The molecule has 0 fully saturated rings. The fourth-order valence-electron chi connectivity index (χ4n) is 1.18. The van der Waals surface area contributed by atoms with E-state index in [1.165, 1.54) is 0 Å². The van der Waals surface area contributed by atoms with Crippen molar-refractivity contribution >= 4 is 17.9 Å². The lowest BCUT2D eigenvalue weighted by Gasteiger charge is -2.07. The van der Waals surface area contributed by atoms with Gasteiger partial charge in [-0.1, -0.05) is 17.7 Å². The van der Waals surface area contributed by atoms with Gasteiger partial charge >= 0.3 is 0 Å². The van der Waals surface area contributed by atoms with Crippen molar-refractivity contribution in [3.63, 3.8) is 0 Å². The molecule has 9 nitrogen and oxygen atoms in total. The van der Waals surface area contributed by atoms with Crippen LogP contribution in [-0.2, 0) is 27.6 Å². The number of aliphatic hydroxyl groups excluding tert-OH is 2. The summed E-state index contributed by atoms with van der Waals surface area (Å²) in [4.78, 5) is 27.0. The maximum absolute atomic E-state index is 9.39. The molecule has 1 rings (SSSR count). The molecule has 0 amide bonds. The van der Waals surface area contributed by atoms with Gasteiger partial charge in [-0.2, -0.15) is 0 Å². The van der Waals surface area contributed by atoms with Crippen LogP contribution in [-0.4, -0.2) is 48.5 Å². The molecular weight excluding hydrogens is 324 g/mol. The fourth-order valence-corrected chi connectivity index (χ4v) is 1.18. The van der Waals surface area contributed by atoms with E-state index in [0.29, 0.717) is 11.1 Å². The molecule has 0 radical (unpaired) electrons. The Morgan fingerprint density at radius 3 is 1.17 bits per heavy atom. The Bertz CT molecular complexity index is 458. The Hall–Kier alpha value is -2.65. The van der Waals surface area contributed by atoms with E-state index in [2.05, 4.69) is 0 Å². The first-order valence-corrected chi connectivity index (χ1v) is 6.50. The van der Waals surface area contributed by atoms with Crippen molar-refractivity contribution in [2.75, 3.05) is 0 Å². The third kappa shape index (κ3) is 21.6. The zero-order valence-electron chi connectivity index (χ0n) is 14.0. The van der Waals surface area contributed by atoms with Gasteiger partial charge in [0.25, 0.3) is 17.9 Å². The third-order valence-electron chi connectivity index (χ3n) is 1.75. The predicted molar refractivity (Wildman–Crippen MR) is 84.6 cm³/mol. The van der Waals surface area contributed by atoms with Crippen molar-refractivity contribution < 1.29 is 45.0 Å². The summed E-state index contributed by atoms with van der Waals surface area (Å²) in [6.07, 6.45) is 0. The summed E-state index contributed by atoms with van der Waals surface area (Å²) in [5.74, 6) is -2.51. The normalized spacial score (nSPS) is 8.25. The van der Waals surface area contributed by atoms with E-state index in [-0.39, 0.29) is 19.0 Å². The zero-order valence-corrected chi connectivity index (χ0v) is 14.0. The summed E-state index contributed by atoms with van der Waals surface area (Å²) in [5, 5.41) is 49.3. The molecule has 0 spiro atoms. The highest BCUT2D eigenvalue weighted by Gasteiger charge is 2.06. The monoisotopic (exact) mass is 348 g/mol. The lowest BCUT2D eigenvalue weighted by atomic mass is 10.1. The maximum Gasteiger partial charge on any atom is 0.300 e. The molecule has 24 heavy (non-hydrogen) atoms. The van der Waals surface area contributed by atoms with E-state index in [0.717, 1.165) is 26.3 Å². The Morgan fingerprint density at radius 1 is 0.792 bits per heavy atom. The van der Waals surface area contributed by atoms with Crippen LogP contribution in [0.4, 0.5) is 0 Å². The minimum Gasteiger partial charge on any atom is -0.507 e. The molecule has 6 N–H and O–H groups in total. The van der Waals surface area contributed by atoms with Gasteiger partial charge in [0.2, 0.25) is 0 Å². The molecule has 0 saturated heterocycles. The SMILES string of the molecule is CC(=O)O.CC(=O)O.CC(=O)O.Cc1cc(CO)c(O)c(CO)c1. The minimum absolute atomic E-state index is 0.00870. The van der Waals surface area contributed by atoms with Gasteiger partial charge in [-0.25, -0.2) is 0 Å². The first-order chi connectivity index (χ1) is 10.9. The van der Waals surface area contributed by atoms with Crippen LogP contribution >= 0.6 is 0 Å². The van der Waals surface area contributed by atoms with Gasteiger partial charge in [0.05, 0.1) is 13.2 Å². The summed E-state index contributed by atoms with van der Waals surface area (Å²) in [7, 11) is 0. The Kier molecular flexibility index (Phi) is 16.7. The topological polar surface area (TPSA) is 173 Å². The summed E-state index contributed by atoms with van der Waals surface area (Å²) in [5.41, 5.74) is 1.83. The standard InChI is InChI=1S/C9H12O3.3C2H4O2/c1-6-2-7(4-10)9(12)8(3-6)5-11;3*1-2(3)4/h2-3,10-12H,4-5H2,1H3;3*1H3,(H,3,4). The molecule has 138 valence electrons. The van der Waals surface area contributed by atoms with E-state index in [1.54, 1.807) is 12.1 Å². The molecular formula is C15H24O9. The van der Waals surface area contributed by atoms with Crippen LogP contribution in [0.2, 0.25) is 0 Å². The van der Waals surface area contributed by atoms with E-state index in [9.17, 15) is 5.11 Å². The van der Waals surface area contributed by atoms with E-state index in [1.807, 2.05) is 6.92 Å². The Morgan fingerprint density at radius 2 is 1.00 bits per heavy atom. The van der Waals surface area contributed by atoms with E-state index >= 15 is 0 Å². The highest BCUT2D eigenvalue weighted by atomic mass is 16.4. The Balaban J connectivity index is -0.000000304. The lowest BCUT2D eigenvalue weighted by Crippen LogP contribution is -1.92. The first kappa shape index (κ1) is 26.3. The molecule has 0 aliphatic heterocycles. The van der Waals surface area contributed by atoms with Gasteiger partial charge in [-0.05, 0) is 6.92 Å². The van der Waals surface area contributed by atoms with Crippen molar-refractivity contribution in [2.24, 2.45) is 0 Å². The second-order valence-electron chi connectivity index (χ2n) is 4.31. The third-order valence-corrected chi connectivity index (χ3v) is 1.75. The molecule has 0 aliphatic carbocycles. The summed E-state index contributed by atoms with van der Waals surface area (Å²) < 4.78 is 0. The van der Waals surface area contributed by atoms with Gasteiger partial charge < -0.3 is 30.6 Å². The molecule has 0 aromatic heterocycles. The van der Waals surface area contributed by atoms with Gasteiger partial charge in [0.1, 0.15) is 5.75 Å². The van der Waals surface area contributed by atoms with Crippen LogP contribution in [0.1, 0.15) is 37.5 Å². The number of aromatic hydroxyl groups is 1. The summed E-state index contributed by atoms with van der Waals surface area (Å²) in [6, 6.07) is 3.38. The number of rotatable bonds is 2. The number of aryl methyl sites for hydroxylation is 1. The lowest BCUT2D eigenvalue weighted by molar-refractivity contribution is -0.135. The first-order valence-electron chi connectivity index (χ1n) is 6.50. The number of aliphatic carboxylic acids is 3. The van der Waals surface area contributed by atoms with Gasteiger partial charge in [-0.3, -0.25) is 14.4 Å². The van der Waals surface area contributed by atoms with Crippen molar-refractivity contribution in [3.05, 3.63) is 28.8 Å². The number of hydrogen-bond donors (Lipinski definition) is 6. The zero-order chi connectivity index (χ0) is 19.9. The fraction of sp³-hybridized carbons (Fsp3) is 0.400. The summed E-state index contributed by atoms with van der Waals surface area (Å²) >= 11 is 0. The molecule has 0 atom stereocenters. The number of aliphatic hydroxyl groups is 2. The molecule has 0 heterocycles. The molecule has 9 heteroatoms. The average molecular weight is 348 g/mol. The maximum atomic E-state index is 9.39. The van der Waals surface area contributed by atoms with Crippen molar-refractivity contribution in [1.29, 1.82) is 0 Å². The number of carbonyl (C=O) groups is 3. The smallest absolute Gasteiger partial charge is 0.300 e. The highest BCUT2D eigenvalue weighted by molar-refractivity contribution is 5.63. The Labute approximate surface area is 139 Å². The number of carboxylic acid groups (broad SMARTS) is 3. The highest BCUT2D eigenvalue weighted by Crippen LogP contribution is 2.24. The quantitative estimate of drug-likeness (QED) is 0.455. The second-order valence-corrected chi connectivity index (χ2v) is 4.31. The average Bonchev–Trinajstić information content (AvgIpc) is 2.39. The van der Waals surface area contributed by atoms with Crippen LogP contribution in [0.3, 0.4) is 0 Å². The molecule has 0 aliphatic rings. The molecule has 1 aromatic carbocycles. The van der Waals surface area contributed by atoms with Crippen molar-refractivity contribution in [3.8, 4) is 5.75 Å². The molecule has 1 aromatic rings. The van der Waals surface area contributed by atoms with Crippen LogP contribution in [0.5, 0.6) is 5.75 Å². The van der Waals surface area contributed by atoms with Crippen LogP contribution in [0, 0.1) is 6.92 Å². The van der Waals surface area contributed by atoms with Crippen LogP contribution in [0.15, 0.2) is 12.1 Å². The largest absolute Gasteiger partial charge is 0.507 e. The van der Waals surface area contributed by atoms with Crippen molar-refractivity contribution in [1.82, 2.24) is 0 Å². The minimum atomic E-state index is -0.833. The van der Waals surface area contributed by atoms with E-state index < -0.39 is 17.9 Å². The van der Waals surface area contributed by atoms with Crippen molar-refractivity contribution in [2.45, 2.75) is 40.9 Å². The predicted octanol–water partition coefficient (Wildman–Crippen LogP) is 0.958. The van der Waals surface area contributed by atoms with Gasteiger partial charge in [0, 0.05) is 31.9 Å². The van der Waals surface area contributed by atoms with E-state index in [4.69, 9.17) is 39.9 Å². The number of benzene rings is 1. The number of carboxylic acids is 3. The molecule has 0 bridgehead atoms.